The second kappa shape index (κ2) is 4.01. The lowest BCUT2D eigenvalue weighted by atomic mass is 10.3. The van der Waals surface area contributed by atoms with Crippen molar-refractivity contribution in [2.75, 3.05) is 0 Å². The van der Waals surface area contributed by atoms with E-state index in [1.807, 2.05) is 0 Å². The molecule has 0 saturated carbocycles. The van der Waals surface area contributed by atoms with Gasteiger partial charge in [-0.15, -0.1) is 0 Å². The predicted molar refractivity (Wildman–Crippen MR) is 69.3 cm³/mol. The molecular weight excluding hydrogens is 329 g/mol. The van der Waals surface area contributed by atoms with E-state index in [4.69, 9.17) is 27.6 Å². The number of furan rings is 1. The Labute approximate surface area is 114 Å². The first-order chi connectivity index (χ1) is 8.15. The molecule has 0 aliphatic heterocycles. The first-order valence-corrected chi connectivity index (χ1v) is 6.15. The lowest BCUT2D eigenvalue weighted by Crippen LogP contribution is -1.79. The summed E-state index contributed by atoms with van der Waals surface area (Å²) in [4.78, 5) is 11.5. The van der Waals surface area contributed by atoms with Crippen molar-refractivity contribution < 1.29 is 4.42 Å². The largest absolute Gasteiger partial charge is 0.457 e. The highest BCUT2D eigenvalue weighted by molar-refractivity contribution is 9.10. The number of hydrogen-bond acceptors (Lipinski definition) is 3. The van der Waals surface area contributed by atoms with E-state index >= 15 is 0 Å². The number of H-pyrrole nitrogens is 1. The zero-order valence-corrected chi connectivity index (χ0v) is 11.3. The summed E-state index contributed by atoms with van der Waals surface area (Å²) in [6.45, 7) is 0. The average molecular weight is 333 g/mol. The van der Waals surface area contributed by atoms with Crippen LogP contribution in [-0.4, -0.2) is 15.0 Å². The second-order valence-corrected chi connectivity index (χ2v) is 4.81. The van der Waals surface area contributed by atoms with Gasteiger partial charge in [0.2, 0.25) is 0 Å². The van der Waals surface area contributed by atoms with E-state index in [0.717, 1.165) is 11.1 Å². The summed E-state index contributed by atoms with van der Waals surface area (Å²) in [5.74, 6) is 0.645. The Morgan fingerprint density at radius 1 is 1.29 bits per heavy atom. The van der Waals surface area contributed by atoms with Gasteiger partial charge < -0.3 is 9.40 Å². The minimum absolute atomic E-state index is 0.239. The zero-order valence-electron chi connectivity index (χ0n) is 8.17. The average Bonchev–Trinajstić information content (AvgIpc) is 2.85. The Morgan fingerprint density at radius 3 is 2.82 bits per heavy atom. The van der Waals surface area contributed by atoms with E-state index in [0.29, 0.717) is 21.2 Å². The summed E-state index contributed by atoms with van der Waals surface area (Å²) in [7, 11) is 0. The van der Waals surface area contributed by atoms with E-state index in [-0.39, 0.29) is 5.15 Å². The fourth-order valence-corrected chi connectivity index (χ4v) is 2.20. The van der Waals surface area contributed by atoms with Crippen LogP contribution in [-0.2, 0) is 0 Å². The van der Waals surface area contributed by atoms with Crippen LogP contribution in [0.3, 0.4) is 0 Å². The third kappa shape index (κ3) is 1.84. The fourth-order valence-electron chi connectivity index (χ4n) is 1.49. The number of hydrogen-bond donors (Lipinski definition) is 1. The van der Waals surface area contributed by atoms with Crippen LogP contribution in [0, 0.1) is 0 Å². The van der Waals surface area contributed by atoms with Crippen LogP contribution < -0.4 is 0 Å². The van der Waals surface area contributed by atoms with Gasteiger partial charge in [0.1, 0.15) is 11.0 Å². The van der Waals surface area contributed by atoms with Crippen LogP contribution >= 0.6 is 39.1 Å². The second-order valence-electron chi connectivity index (χ2n) is 3.33. The number of imidazole rings is 1. The molecule has 0 aliphatic rings. The van der Waals surface area contributed by atoms with Crippen LogP contribution in [0.15, 0.2) is 27.5 Å². The van der Waals surface area contributed by atoms with E-state index in [9.17, 15) is 0 Å². The van der Waals surface area contributed by atoms with Crippen LogP contribution in [0.5, 0.6) is 0 Å². The number of nitrogens with zero attached hydrogens (tertiary/aromatic N) is 2. The molecule has 0 bridgehead atoms. The molecule has 3 rings (SSSR count). The Balaban J connectivity index is 2.24. The first kappa shape index (κ1) is 11.1. The summed E-state index contributed by atoms with van der Waals surface area (Å²) < 4.78 is 5.75. The van der Waals surface area contributed by atoms with Gasteiger partial charge in [-0.1, -0.05) is 23.2 Å². The molecule has 3 heterocycles. The van der Waals surface area contributed by atoms with Crippen molar-refractivity contribution in [3.8, 4) is 11.4 Å². The van der Waals surface area contributed by atoms with E-state index in [1.165, 1.54) is 0 Å². The van der Waals surface area contributed by atoms with E-state index in [2.05, 4.69) is 30.9 Å². The molecule has 7 heteroatoms. The van der Waals surface area contributed by atoms with Crippen molar-refractivity contribution in [1.29, 1.82) is 0 Å². The number of pyridine rings is 1. The summed E-state index contributed by atoms with van der Waals surface area (Å²) in [5.41, 5.74) is 2.06. The van der Waals surface area contributed by atoms with Gasteiger partial charge >= 0.3 is 0 Å². The number of nitrogens with one attached hydrogen (secondary N) is 1. The van der Waals surface area contributed by atoms with Gasteiger partial charge in [0.05, 0.1) is 22.4 Å². The van der Waals surface area contributed by atoms with E-state index < -0.39 is 0 Å². The minimum atomic E-state index is 0.239. The Bertz CT molecular complexity index is 668. The van der Waals surface area contributed by atoms with Gasteiger partial charge in [0.25, 0.3) is 0 Å². The van der Waals surface area contributed by atoms with E-state index in [1.54, 1.807) is 18.4 Å². The van der Waals surface area contributed by atoms with Gasteiger partial charge in [-0.25, -0.2) is 9.97 Å². The van der Waals surface area contributed by atoms with Crippen molar-refractivity contribution >= 4 is 50.3 Å². The highest BCUT2D eigenvalue weighted by atomic mass is 79.9. The highest BCUT2D eigenvalue weighted by Crippen LogP contribution is 2.30. The third-order valence-corrected chi connectivity index (χ3v) is 3.54. The molecule has 17 heavy (non-hydrogen) atoms. The zero-order chi connectivity index (χ0) is 12.0. The van der Waals surface area contributed by atoms with Crippen LogP contribution in [0.25, 0.3) is 22.6 Å². The molecule has 0 aromatic carbocycles. The van der Waals surface area contributed by atoms with Crippen molar-refractivity contribution in [2.45, 2.75) is 0 Å². The summed E-state index contributed by atoms with van der Waals surface area (Å²) in [6.07, 6.45) is 1.57. The lowest BCUT2D eigenvalue weighted by molar-refractivity contribution is 0.542. The normalized spacial score (nSPS) is 11.2. The Morgan fingerprint density at radius 2 is 2.12 bits per heavy atom. The molecule has 0 amide bonds. The molecule has 0 spiro atoms. The van der Waals surface area contributed by atoms with Crippen LogP contribution in [0.4, 0.5) is 0 Å². The van der Waals surface area contributed by atoms with Crippen molar-refractivity contribution in [1.82, 2.24) is 15.0 Å². The van der Waals surface area contributed by atoms with Gasteiger partial charge in [-0.2, -0.15) is 0 Å². The van der Waals surface area contributed by atoms with Crippen LogP contribution in [0.2, 0.25) is 10.2 Å². The standard InChI is InChI=1S/C10H4BrCl2N3O/c11-7-4(1-2-17-7)9-14-6-3-5(12)8(13)15-10(6)16-9/h1-3H,(H,14,15,16). The molecule has 0 fully saturated rings. The number of aromatic amines is 1. The maximum Gasteiger partial charge on any atom is 0.179 e. The van der Waals surface area contributed by atoms with Gasteiger partial charge in [-0.3, -0.25) is 0 Å². The fraction of sp³-hybridized carbons (Fsp3) is 0. The molecule has 3 aromatic heterocycles. The molecule has 0 aliphatic carbocycles. The smallest absolute Gasteiger partial charge is 0.179 e. The molecule has 0 saturated heterocycles. The predicted octanol–water partition coefficient (Wildman–Crippen LogP) is 4.29. The molecule has 3 aromatic rings. The molecule has 1 N–H and O–H groups in total. The summed E-state index contributed by atoms with van der Waals surface area (Å²) >= 11 is 15.0. The van der Waals surface area contributed by atoms with Crippen molar-refractivity contribution in [3.05, 3.63) is 33.2 Å². The maximum absolute atomic E-state index is 5.88. The maximum atomic E-state index is 5.88. The monoisotopic (exact) mass is 331 g/mol. The van der Waals surface area contributed by atoms with Crippen molar-refractivity contribution in [2.24, 2.45) is 0 Å². The Hall–Kier alpha value is -1.04. The minimum Gasteiger partial charge on any atom is -0.457 e. The van der Waals surface area contributed by atoms with Crippen LogP contribution in [0.1, 0.15) is 0 Å². The molecule has 0 atom stereocenters. The summed E-state index contributed by atoms with van der Waals surface area (Å²) in [5, 5.41) is 0.629. The topological polar surface area (TPSA) is 54.7 Å². The van der Waals surface area contributed by atoms with Crippen molar-refractivity contribution in [3.63, 3.8) is 0 Å². The third-order valence-electron chi connectivity index (χ3n) is 2.26. The number of rotatable bonds is 1. The first-order valence-electron chi connectivity index (χ1n) is 4.60. The summed E-state index contributed by atoms with van der Waals surface area (Å²) in [6, 6.07) is 3.49. The Kier molecular flexibility index (Phi) is 2.61. The molecule has 86 valence electrons. The SMILES string of the molecule is Clc1cc2[nH]c(-c3ccoc3Br)nc2nc1Cl. The number of aromatic nitrogens is 3. The molecule has 0 radical (unpaired) electrons. The van der Waals surface area contributed by atoms with Gasteiger partial charge in [0, 0.05) is 0 Å². The highest BCUT2D eigenvalue weighted by Gasteiger charge is 2.13. The quantitative estimate of drug-likeness (QED) is 0.676. The number of fused-ring (bicyclic) bond motifs is 1. The van der Waals surface area contributed by atoms with Gasteiger partial charge in [-0.05, 0) is 28.1 Å². The van der Waals surface area contributed by atoms with Gasteiger partial charge in [0.15, 0.2) is 10.3 Å². The molecule has 4 nitrogen and oxygen atoms in total. The number of halogens is 3. The lowest BCUT2D eigenvalue weighted by Gasteiger charge is -1.92. The molecular formula is C10H4BrCl2N3O. The molecule has 0 unspecified atom stereocenters.